The molecular weight excluding hydrogens is 228 g/mol. The predicted molar refractivity (Wildman–Crippen MR) is 63.1 cm³/mol. The fourth-order valence-electron chi connectivity index (χ4n) is 1.47. The molecule has 16 heavy (non-hydrogen) atoms. The van der Waals surface area contributed by atoms with Crippen LogP contribution in [0.5, 0.6) is 0 Å². The summed E-state index contributed by atoms with van der Waals surface area (Å²) in [7, 11) is 0. The van der Waals surface area contributed by atoms with Gasteiger partial charge in [-0.3, -0.25) is 4.79 Å². The molecule has 0 radical (unpaired) electrons. The van der Waals surface area contributed by atoms with Crippen molar-refractivity contribution < 1.29 is 14.7 Å². The molecule has 1 aliphatic heterocycles. The van der Waals surface area contributed by atoms with E-state index in [2.05, 4.69) is 0 Å². The number of thioether (sulfide) groups is 1. The van der Waals surface area contributed by atoms with E-state index in [0.717, 1.165) is 0 Å². The first-order valence-electron chi connectivity index (χ1n) is 5.20. The Labute approximate surface area is 99.4 Å². The summed E-state index contributed by atoms with van der Waals surface area (Å²) in [6.07, 6.45) is 0.882. The summed E-state index contributed by atoms with van der Waals surface area (Å²) < 4.78 is 0. The van der Waals surface area contributed by atoms with Crippen LogP contribution in [-0.2, 0) is 9.59 Å². The first-order chi connectivity index (χ1) is 7.31. The van der Waals surface area contributed by atoms with Crippen LogP contribution in [0.15, 0.2) is 0 Å². The van der Waals surface area contributed by atoms with Crippen LogP contribution in [0.25, 0.3) is 0 Å². The summed E-state index contributed by atoms with van der Waals surface area (Å²) in [5, 5.41) is 8.93. The quantitative estimate of drug-likeness (QED) is 0.754. The molecule has 3 N–H and O–H groups in total. The number of nitrogens with zero attached hydrogens (tertiary/aromatic N) is 1. The normalized spacial score (nSPS) is 21.2. The Morgan fingerprint density at radius 2 is 2.19 bits per heavy atom. The van der Waals surface area contributed by atoms with E-state index in [-0.39, 0.29) is 11.4 Å². The smallest absolute Gasteiger partial charge is 0.327 e. The van der Waals surface area contributed by atoms with E-state index in [1.54, 1.807) is 0 Å². The molecule has 0 aromatic heterocycles. The van der Waals surface area contributed by atoms with Gasteiger partial charge in [0.25, 0.3) is 0 Å². The summed E-state index contributed by atoms with van der Waals surface area (Å²) in [6, 6.07) is -0.668. The van der Waals surface area contributed by atoms with Gasteiger partial charge in [0.15, 0.2) is 0 Å². The molecule has 1 amide bonds. The molecule has 1 aliphatic rings. The van der Waals surface area contributed by atoms with Crippen molar-refractivity contribution in [2.24, 2.45) is 5.73 Å². The highest BCUT2D eigenvalue weighted by Crippen LogP contribution is 2.22. The van der Waals surface area contributed by atoms with Crippen molar-refractivity contribution in [3.63, 3.8) is 0 Å². The van der Waals surface area contributed by atoms with Crippen LogP contribution in [-0.4, -0.2) is 45.1 Å². The Hall–Kier alpha value is -0.750. The number of hydrogen-bond donors (Lipinski definition) is 2. The van der Waals surface area contributed by atoms with Gasteiger partial charge in [-0.2, -0.15) is 0 Å². The van der Waals surface area contributed by atoms with Crippen molar-refractivity contribution in [1.29, 1.82) is 0 Å². The van der Waals surface area contributed by atoms with Crippen molar-refractivity contribution in [3.05, 3.63) is 0 Å². The minimum absolute atomic E-state index is 0.115. The van der Waals surface area contributed by atoms with E-state index in [9.17, 15) is 9.59 Å². The highest BCUT2D eigenvalue weighted by molar-refractivity contribution is 7.99. The van der Waals surface area contributed by atoms with Gasteiger partial charge in [-0.1, -0.05) is 0 Å². The lowest BCUT2D eigenvalue weighted by Crippen LogP contribution is -2.43. The van der Waals surface area contributed by atoms with Crippen LogP contribution in [0.1, 0.15) is 26.7 Å². The van der Waals surface area contributed by atoms with Crippen molar-refractivity contribution in [2.75, 3.05) is 11.6 Å². The van der Waals surface area contributed by atoms with E-state index >= 15 is 0 Å². The number of aliphatic carboxylic acids is 1. The minimum Gasteiger partial charge on any atom is -0.480 e. The molecule has 6 heteroatoms. The number of rotatable bonds is 4. The number of carboxylic acid groups (broad SMARTS) is 1. The maximum Gasteiger partial charge on any atom is 0.327 e. The van der Waals surface area contributed by atoms with E-state index in [0.29, 0.717) is 24.5 Å². The summed E-state index contributed by atoms with van der Waals surface area (Å²) in [6.45, 7) is 3.71. The summed E-state index contributed by atoms with van der Waals surface area (Å²) in [4.78, 5) is 24.1. The van der Waals surface area contributed by atoms with Gasteiger partial charge in [-0.25, -0.2) is 4.79 Å². The van der Waals surface area contributed by atoms with Gasteiger partial charge in [-0.15, -0.1) is 11.8 Å². The molecule has 92 valence electrons. The third kappa shape index (κ3) is 3.68. The van der Waals surface area contributed by atoms with Crippen molar-refractivity contribution in [3.8, 4) is 0 Å². The second-order valence-corrected chi connectivity index (χ2v) is 5.71. The summed E-state index contributed by atoms with van der Waals surface area (Å²) in [5.74, 6) is -0.0882. The number of amides is 1. The molecule has 0 aromatic carbocycles. The van der Waals surface area contributed by atoms with Gasteiger partial charge in [0.2, 0.25) is 5.91 Å². The topological polar surface area (TPSA) is 83.6 Å². The Bertz CT molecular complexity index is 288. The van der Waals surface area contributed by atoms with Gasteiger partial charge < -0.3 is 15.7 Å². The number of carbonyl (C=O) groups is 2. The molecule has 1 unspecified atom stereocenters. The van der Waals surface area contributed by atoms with Crippen molar-refractivity contribution in [2.45, 2.75) is 38.3 Å². The zero-order chi connectivity index (χ0) is 12.3. The first kappa shape index (κ1) is 13.3. The standard InChI is InChI=1S/C10H18N2O3S/c1-10(2,11)4-3-8(13)12-6-16-5-7(12)9(14)15/h7H,3-6,11H2,1-2H3,(H,14,15). The lowest BCUT2D eigenvalue weighted by atomic mass is 9.99. The van der Waals surface area contributed by atoms with Gasteiger partial charge >= 0.3 is 5.97 Å². The van der Waals surface area contributed by atoms with Gasteiger partial charge in [0, 0.05) is 17.7 Å². The maximum atomic E-state index is 11.8. The van der Waals surface area contributed by atoms with E-state index in [1.807, 2.05) is 13.8 Å². The second-order valence-electron chi connectivity index (χ2n) is 4.71. The maximum absolute atomic E-state index is 11.8. The highest BCUT2D eigenvalue weighted by atomic mass is 32.2. The summed E-state index contributed by atoms with van der Waals surface area (Å²) in [5.41, 5.74) is 5.40. The Balaban J connectivity index is 2.50. The fraction of sp³-hybridized carbons (Fsp3) is 0.800. The average Bonchev–Trinajstić information content (AvgIpc) is 2.61. The van der Waals surface area contributed by atoms with E-state index < -0.39 is 12.0 Å². The number of nitrogens with two attached hydrogens (primary N) is 1. The largest absolute Gasteiger partial charge is 0.480 e. The third-order valence-corrected chi connectivity index (χ3v) is 3.48. The molecule has 1 fully saturated rings. The number of hydrogen-bond acceptors (Lipinski definition) is 4. The Kier molecular flexibility index (Phi) is 4.21. The van der Waals surface area contributed by atoms with Crippen LogP contribution in [0.2, 0.25) is 0 Å². The lowest BCUT2D eigenvalue weighted by molar-refractivity contribution is -0.147. The lowest BCUT2D eigenvalue weighted by Gasteiger charge is -2.23. The molecule has 0 aromatic rings. The monoisotopic (exact) mass is 246 g/mol. The van der Waals surface area contributed by atoms with Crippen LogP contribution < -0.4 is 5.73 Å². The van der Waals surface area contributed by atoms with Crippen LogP contribution in [0, 0.1) is 0 Å². The molecule has 1 atom stereocenters. The van der Waals surface area contributed by atoms with Crippen molar-refractivity contribution in [1.82, 2.24) is 4.90 Å². The SMILES string of the molecule is CC(C)(N)CCC(=O)N1CSCC1C(=O)O. The zero-order valence-corrected chi connectivity index (χ0v) is 10.4. The second kappa shape index (κ2) is 5.05. The molecule has 0 bridgehead atoms. The van der Waals surface area contributed by atoms with Crippen LogP contribution >= 0.6 is 11.8 Å². The van der Waals surface area contributed by atoms with Crippen LogP contribution in [0.3, 0.4) is 0 Å². The Morgan fingerprint density at radius 1 is 1.56 bits per heavy atom. The van der Waals surface area contributed by atoms with Gasteiger partial charge in [-0.05, 0) is 20.3 Å². The molecule has 5 nitrogen and oxygen atoms in total. The minimum atomic E-state index is -0.926. The van der Waals surface area contributed by atoms with E-state index in [4.69, 9.17) is 10.8 Å². The molecule has 1 rings (SSSR count). The number of carboxylic acids is 1. The highest BCUT2D eigenvalue weighted by Gasteiger charge is 2.34. The first-order valence-corrected chi connectivity index (χ1v) is 6.35. The van der Waals surface area contributed by atoms with Crippen molar-refractivity contribution >= 4 is 23.6 Å². The van der Waals surface area contributed by atoms with Gasteiger partial charge in [0.1, 0.15) is 6.04 Å². The molecule has 1 heterocycles. The third-order valence-electron chi connectivity index (χ3n) is 2.47. The summed E-state index contributed by atoms with van der Waals surface area (Å²) >= 11 is 1.47. The zero-order valence-electron chi connectivity index (χ0n) is 9.60. The fourth-order valence-corrected chi connectivity index (χ4v) is 2.64. The average molecular weight is 246 g/mol. The molecular formula is C10H18N2O3S. The van der Waals surface area contributed by atoms with Crippen LogP contribution in [0.4, 0.5) is 0 Å². The Morgan fingerprint density at radius 3 is 2.69 bits per heavy atom. The molecule has 1 saturated heterocycles. The molecule has 0 aliphatic carbocycles. The van der Waals surface area contributed by atoms with Gasteiger partial charge in [0.05, 0.1) is 5.88 Å². The molecule has 0 saturated carbocycles. The predicted octanol–water partition coefficient (Wildman–Crippen LogP) is 0.490. The number of carbonyl (C=O) groups excluding carboxylic acids is 1. The molecule has 0 spiro atoms. The van der Waals surface area contributed by atoms with E-state index in [1.165, 1.54) is 16.7 Å².